The minimum Gasteiger partial charge on any atom is -0.468 e. The van der Waals surface area contributed by atoms with E-state index in [4.69, 9.17) is 0 Å². The van der Waals surface area contributed by atoms with Crippen molar-refractivity contribution in [1.82, 2.24) is 9.62 Å². The average Bonchev–Trinajstić information content (AvgIpc) is 3.37. The molecule has 0 spiro atoms. The Morgan fingerprint density at radius 3 is 2.23 bits per heavy atom. The van der Waals surface area contributed by atoms with Crippen molar-refractivity contribution in [2.45, 2.75) is 56.6 Å². The van der Waals surface area contributed by atoms with Crippen molar-refractivity contribution in [3.63, 3.8) is 0 Å². The molecule has 0 bridgehead atoms. The second kappa shape index (κ2) is 8.55. The molecule has 30 heavy (non-hydrogen) atoms. The van der Waals surface area contributed by atoms with Crippen LogP contribution in [0.25, 0.3) is 0 Å². The Morgan fingerprint density at radius 1 is 1.07 bits per heavy atom. The quantitative estimate of drug-likeness (QED) is 0.683. The molecule has 9 heteroatoms. The Morgan fingerprint density at radius 2 is 1.67 bits per heavy atom. The van der Waals surface area contributed by atoms with Crippen LogP contribution in [0.1, 0.15) is 47.9 Å². The molecule has 2 amide bonds. The molecular formula is C21H29N3O5S. The van der Waals surface area contributed by atoms with Gasteiger partial charge in [0.25, 0.3) is 0 Å². The van der Waals surface area contributed by atoms with Crippen LogP contribution >= 0.6 is 0 Å². The van der Waals surface area contributed by atoms with E-state index in [2.05, 4.69) is 20.8 Å². The average molecular weight is 436 g/mol. The normalized spacial score (nSPS) is 19.2. The van der Waals surface area contributed by atoms with Crippen molar-refractivity contribution in [3.8, 4) is 0 Å². The highest BCUT2D eigenvalue weighted by atomic mass is 32.2. The summed E-state index contributed by atoms with van der Waals surface area (Å²) in [7, 11) is -2.46. The molecule has 3 aliphatic rings. The maximum atomic E-state index is 12.8. The number of likely N-dealkylation sites (tertiary alicyclic amines) is 1. The summed E-state index contributed by atoms with van der Waals surface area (Å²) in [6.45, 7) is 1.10. The number of hydrogen-bond acceptors (Lipinski definition) is 6. The highest BCUT2D eigenvalue weighted by molar-refractivity contribution is 7.90. The lowest BCUT2D eigenvalue weighted by Gasteiger charge is -2.30. The number of esters is 1. The number of rotatable bonds is 5. The largest absolute Gasteiger partial charge is 0.468 e. The third kappa shape index (κ3) is 4.32. The maximum Gasteiger partial charge on any atom is 0.332 e. The SMILES string of the molecule is COC(=O)CN1CCC(S(=O)(=O)NC(=O)Nc2c3c(cc4c2CCC4)CCC3)CC1. The molecule has 1 saturated heterocycles. The van der Waals surface area contributed by atoms with Crippen molar-refractivity contribution in [2.24, 2.45) is 0 Å². The van der Waals surface area contributed by atoms with E-state index in [1.165, 1.54) is 29.4 Å². The summed E-state index contributed by atoms with van der Waals surface area (Å²) in [5.41, 5.74) is 5.73. The lowest BCUT2D eigenvalue weighted by atomic mass is 9.99. The van der Waals surface area contributed by atoms with Crippen LogP contribution < -0.4 is 10.0 Å². The van der Waals surface area contributed by atoms with Gasteiger partial charge in [0.1, 0.15) is 0 Å². The number of carbonyl (C=O) groups is 2. The van der Waals surface area contributed by atoms with Gasteiger partial charge in [0, 0.05) is 18.8 Å². The van der Waals surface area contributed by atoms with Gasteiger partial charge in [-0.1, -0.05) is 6.07 Å². The van der Waals surface area contributed by atoms with Crippen LogP contribution in [0.2, 0.25) is 0 Å². The maximum absolute atomic E-state index is 12.8. The predicted molar refractivity (Wildman–Crippen MR) is 113 cm³/mol. The van der Waals surface area contributed by atoms with Gasteiger partial charge < -0.3 is 10.1 Å². The van der Waals surface area contributed by atoms with Gasteiger partial charge in [0.2, 0.25) is 10.0 Å². The first kappa shape index (κ1) is 21.1. The smallest absolute Gasteiger partial charge is 0.332 e. The van der Waals surface area contributed by atoms with E-state index in [1.54, 1.807) is 0 Å². The molecular weight excluding hydrogens is 406 g/mol. The zero-order valence-electron chi connectivity index (χ0n) is 17.3. The van der Waals surface area contributed by atoms with Crippen molar-refractivity contribution in [1.29, 1.82) is 0 Å². The zero-order chi connectivity index (χ0) is 21.3. The Kier molecular flexibility index (Phi) is 6.02. The topological polar surface area (TPSA) is 105 Å². The molecule has 0 radical (unpaired) electrons. The number of ether oxygens (including phenoxy) is 1. The van der Waals surface area contributed by atoms with E-state index >= 15 is 0 Å². The fourth-order valence-electron chi connectivity index (χ4n) is 4.94. The molecule has 4 rings (SSSR count). The Hall–Kier alpha value is -2.13. The highest BCUT2D eigenvalue weighted by Gasteiger charge is 2.32. The van der Waals surface area contributed by atoms with Crippen LogP contribution in [0.3, 0.4) is 0 Å². The number of fused-ring (bicyclic) bond motifs is 2. The summed E-state index contributed by atoms with van der Waals surface area (Å²) >= 11 is 0. The summed E-state index contributed by atoms with van der Waals surface area (Å²) < 4.78 is 32.4. The van der Waals surface area contributed by atoms with Gasteiger partial charge in [-0.3, -0.25) is 9.69 Å². The van der Waals surface area contributed by atoms with Gasteiger partial charge in [-0.25, -0.2) is 17.9 Å². The molecule has 2 N–H and O–H groups in total. The minimum absolute atomic E-state index is 0.154. The lowest BCUT2D eigenvalue weighted by Crippen LogP contribution is -2.47. The molecule has 0 unspecified atom stereocenters. The molecule has 2 aliphatic carbocycles. The van der Waals surface area contributed by atoms with Crippen LogP contribution in [0.5, 0.6) is 0 Å². The summed E-state index contributed by atoms with van der Waals surface area (Å²) in [4.78, 5) is 25.9. The van der Waals surface area contributed by atoms with E-state index in [0.29, 0.717) is 25.9 Å². The number of benzene rings is 1. The number of amides is 2. The molecule has 0 aromatic heterocycles. The standard InChI is InChI=1S/C21H29N3O5S/c1-29-19(25)13-24-10-8-16(9-11-24)30(27,28)23-21(26)22-20-17-6-2-4-14(17)12-15-5-3-7-18(15)20/h12,16H,2-11,13H2,1H3,(H2,22,23,26). The molecule has 1 aromatic carbocycles. The van der Waals surface area contributed by atoms with Crippen LogP contribution in [-0.4, -0.2) is 57.3 Å². The van der Waals surface area contributed by atoms with Crippen LogP contribution in [0.4, 0.5) is 10.5 Å². The number of nitrogens with zero attached hydrogens (tertiary/aromatic N) is 1. The molecule has 1 heterocycles. The third-order valence-electron chi connectivity index (χ3n) is 6.50. The monoisotopic (exact) mass is 435 g/mol. The van der Waals surface area contributed by atoms with Gasteiger partial charge in [-0.05, 0) is 73.6 Å². The number of aryl methyl sites for hydroxylation is 2. The predicted octanol–water partition coefficient (Wildman–Crippen LogP) is 1.75. The summed E-state index contributed by atoms with van der Waals surface area (Å²) in [6.07, 6.45) is 6.75. The van der Waals surface area contributed by atoms with E-state index in [0.717, 1.165) is 44.2 Å². The third-order valence-corrected chi connectivity index (χ3v) is 8.32. The molecule has 1 aliphatic heterocycles. The van der Waals surface area contributed by atoms with Crippen molar-refractivity contribution < 1.29 is 22.7 Å². The molecule has 0 saturated carbocycles. The number of anilines is 1. The minimum atomic E-state index is -3.79. The number of nitrogens with one attached hydrogen (secondary N) is 2. The Labute approximate surface area is 177 Å². The molecule has 164 valence electrons. The summed E-state index contributed by atoms with van der Waals surface area (Å²) in [5, 5.41) is 2.23. The fraction of sp³-hybridized carbons (Fsp3) is 0.619. The number of sulfonamides is 1. The number of methoxy groups -OCH3 is 1. The lowest BCUT2D eigenvalue weighted by molar-refractivity contribution is -0.142. The summed E-state index contributed by atoms with van der Waals surface area (Å²) in [5.74, 6) is -0.336. The first-order valence-corrected chi connectivity index (χ1v) is 12.2. The number of carbonyl (C=O) groups excluding carboxylic acids is 2. The van der Waals surface area contributed by atoms with E-state index < -0.39 is 21.3 Å². The van der Waals surface area contributed by atoms with Gasteiger partial charge in [0.05, 0.1) is 18.9 Å². The van der Waals surface area contributed by atoms with Crippen molar-refractivity contribution >= 4 is 27.7 Å². The van der Waals surface area contributed by atoms with E-state index in [9.17, 15) is 18.0 Å². The zero-order valence-corrected chi connectivity index (χ0v) is 18.1. The first-order valence-electron chi connectivity index (χ1n) is 10.7. The van der Waals surface area contributed by atoms with Crippen LogP contribution in [0, 0.1) is 0 Å². The molecule has 8 nitrogen and oxygen atoms in total. The van der Waals surface area contributed by atoms with Gasteiger partial charge in [0.15, 0.2) is 0 Å². The molecule has 1 aromatic rings. The Balaban J connectivity index is 1.40. The first-order chi connectivity index (χ1) is 14.4. The summed E-state index contributed by atoms with van der Waals surface area (Å²) in [6, 6.07) is 1.59. The fourth-order valence-corrected chi connectivity index (χ4v) is 6.25. The second-order valence-electron chi connectivity index (χ2n) is 8.39. The van der Waals surface area contributed by atoms with E-state index in [1.807, 2.05) is 4.90 Å². The number of urea groups is 1. The highest BCUT2D eigenvalue weighted by Crippen LogP contribution is 2.38. The van der Waals surface area contributed by atoms with Crippen molar-refractivity contribution in [3.05, 3.63) is 28.3 Å². The Bertz CT molecular complexity index is 920. The molecule has 0 atom stereocenters. The van der Waals surface area contributed by atoms with Crippen molar-refractivity contribution in [2.75, 3.05) is 32.1 Å². The molecule has 1 fully saturated rings. The van der Waals surface area contributed by atoms with E-state index in [-0.39, 0.29) is 12.5 Å². The van der Waals surface area contributed by atoms with Gasteiger partial charge in [-0.2, -0.15) is 0 Å². The van der Waals surface area contributed by atoms with Crippen LogP contribution in [0.15, 0.2) is 6.07 Å². The number of piperidine rings is 1. The van der Waals surface area contributed by atoms with Crippen LogP contribution in [-0.2, 0) is 45.2 Å². The van der Waals surface area contributed by atoms with Gasteiger partial charge >= 0.3 is 12.0 Å². The second-order valence-corrected chi connectivity index (χ2v) is 10.3. The van der Waals surface area contributed by atoms with Gasteiger partial charge in [-0.15, -0.1) is 0 Å². The number of hydrogen-bond donors (Lipinski definition) is 2.